The van der Waals surface area contributed by atoms with E-state index in [1.807, 2.05) is 60.8 Å². The van der Waals surface area contributed by atoms with Gasteiger partial charge in [-0.1, -0.05) is 63.9 Å². The molecule has 0 saturated heterocycles. The molecular weight excluding hydrogens is 619 g/mol. The third-order valence-electron chi connectivity index (χ3n) is 9.06. The predicted molar refractivity (Wildman–Crippen MR) is 180 cm³/mol. The molecule has 0 radical (unpaired) electrons. The van der Waals surface area contributed by atoms with E-state index >= 15 is 0 Å². The fourth-order valence-corrected chi connectivity index (χ4v) is 6.43. The first kappa shape index (κ1) is 36.8. The lowest BCUT2D eigenvalue weighted by molar-refractivity contribution is -0.123. The number of carbonyl (C=O) groups is 2. The summed E-state index contributed by atoms with van der Waals surface area (Å²) in [6.07, 6.45) is 1.10. The fraction of sp³-hybridized carbons (Fsp3) is 0.516. The number of benzene rings is 2. The van der Waals surface area contributed by atoms with Gasteiger partial charge in [0.15, 0.2) is 16.6 Å². The van der Waals surface area contributed by atoms with Crippen molar-refractivity contribution in [1.29, 1.82) is 5.26 Å². The lowest BCUT2D eigenvalue weighted by Crippen LogP contribution is -2.52. The van der Waals surface area contributed by atoms with Gasteiger partial charge < -0.3 is 14.9 Å². The Bertz CT molecular complexity index is 1400. The number of nitriles is 1. The predicted octanol–water partition coefficient (Wildman–Crippen LogP) is 6.94. The first-order chi connectivity index (χ1) is 19.5. The Kier molecular flexibility index (Phi) is 11.7. The van der Waals surface area contributed by atoms with Gasteiger partial charge in [0.2, 0.25) is 0 Å². The number of nitrogens with one attached hydrogen (secondary N) is 3. The third-order valence-corrected chi connectivity index (χ3v) is 16.9. The molecule has 8 nitrogen and oxygen atoms in total. The van der Waals surface area contributed by atoms with Crippen molar-refractivity contribution in [2.24, 2.45) is 5.92 Å². The van der Waals surface area contributed by atoms with Gasteiger partial charge >= 0.3 is 0 Å². The minimum Gasteiger partial charge on any atom is -0.432 e. The van der Waals surface area contributed by atoms with Gasteiger partial charge in [-0.05, 0) is 97.3 Å². The number of nitrogens with zero attached hydrogens (tertiary/aromatic N) is 1. The van der Waals surface area contributed by atoms with E-state index in [2.05, 4.69) is 22.2 Å². The number of halogens is 2. The van der Waals surface area contributed by atoms with Crippen LogP contribution in [0.15, 0.2) is 30.3 Å². The molecule has 0 spiro atoms. The normalized spacial score (nSPS) is 14.0. The highest BCUT2D eigenvalue weighted by molar-refractivity contribution is 6.73. The molecule has 236 valence electrons. The second kappa shape index (κ2) is 13.7. The van der Waals surface area contributed by atoms with Crippen LogP contribution in [0.2, 0.25) is 46.3 Å². The third kappa shape index (κ3) is 9.06. The Labute approximate surface area is 268 Å². The minimum atomic E-state index is -2.58. The maximum atomic E-state index is 13.6. The van der Waals surface area contributed by atoms with Crippen molar-refractivity contribution in [3.8, 4) is 6.07 Å². The van der Waals surface area contributed by atoms with Crippen molar-refractivity contribution in [3.05, 3.63) is 62.6 Å². The van der Waals surface area contributed by atoms with E-state index in [1.54, 1.807) is 37.3 Å². The summed E-state index contributed by atoms with van der Waals surface area (Å²) in [6, 6.07) is 9.50. The lowest BCUT2D eigenvalue weighted by Gasteiger charge is -2.39. The molecule has 0 unspecified atom stereocenters. The number of amides is 2. The smallest absolute Gasteiger partial charge is 0.269 e. The van der Waals surface area contributed by atoms with Crippen LogP contribution in [0.1, 0.15) is 68.1 Å². The van der Waals surface area contributed by atoms with Crippen LogP contribution < -0.4 is 16.2 Å². The lowest BCUT2D eigenvalue weighted by atomic mass is 9.90. The molecule has 0 fully saturated rings. The summed E-state index contributed by atoms with van der Waals surface area (Å²) >= 11 is 12.9. The van der Waals surface area contributed by atoms with E-state index < -0.39 is 39.5 Å². The molecule has 43 heavy (non-hydrogen) atoms. The number of rotatable bonds is 11. The molecule has 2 amide bonds. The summed E-state index contributed by atoms with van der Waals surface area (Å²) in [5, 5.41) is 12.6. The zero-order chi connectivity index (χ0) is 33.1. The molecule has 0 saturated carbocycles. The minimum absolute atomic E-state index is 0.268. The number of hydrogen-bond acceptors (Lipinski definition) is 6. The van der Waals surface area contributed by atoms with Gasteiger partial charge in [0.1, 0.15) is 12.1 Å². The molecule has 0 bridgehead atoms. The van der Waals surface area contributed by atoms with Gasteiger partial charge in [-0.15, -0.1) is 0 Å². The molecule has 0 aromatic heterocycles. The highest BCUT2D eigenvalue weighted by atomic mass is 35.5. The summed E-state index contributed by atoms with van der Waals surface area (Å²) in [6.45, 7) is 19.2. The number of hydrazine groups is 1. The van der Waals surface area contributed by atoms with Gasteiger partial charge in [0, 0.05) is 16.3 Å². The van der Waals surface area contributed by atoms with Crippen LogP contribution in [0.5, 0.6) is 0 Å². The van der Waals surface area contributed by atoms with Crippen LogP contribution in [0, 0.1) is 24.2 Å². The molecular formula is C31H46Cl2N4O4Si2. The van der Waals surface area contributed by atoms with E-state index in [1.165, 1.54) is 0 Å². The van der Waals surface area contributed by atoms with Crippen LogP contribution in [-0.2, 0) is 11.2 Å². The van der Waals surface area contributed by atoms with Gasteiger partial charge in [0.05, 0.1) is 10.6 Å². The van der Waals surface area contributed by atoms with E-state index in [0.717, 1.165) is 5.56 Å². The number of carbonyl (C=O) groups excluding carboxylic acids is 2. The van der Waals surface area contributed by atoms with E-state index in [4.69, 9.17) is 23.2 Å². The Morgan fingerprint density at radius 2 is 1.56 bits per heavy atom. The molecule has 5 N–H and O–H groups in total. The SMILES string of the molecule is Cc1c(N[C@@H](C(=O)NNC(=O)c2ccc(CC(C)(C)[Si](C)(C)O)c(Cl)c2)[C@H](C)CC(C)(C)[Si](C)(C)O)ccc(C#N)c1Cl. The van der Waals surface area contributed by atoms with E-state index in [0.29, 0.717) is 39.7 Å². The Hall–Kier alpha value is -2.40. The van der Waals surface area contributed by atoms with E-state index in [9.17, 15) is 24.4 Å². The van der Waals surface area contributed by atoms with Crippen LogP contribution in [0.25, 0.3) is 0 Å². The summed E-state index contributed by atoms with van der Waals surface area (Å²) in [5.41, 5.74) is 7.68. The van der Waals surface area contributed by atoms with Crippen LogP contribution in [0.4, 0.5) is 5.69 Å². The van der Waals surface area contributed by atoms with Crippen LogP contribution >= 0.6 is 23.2 Å². The van der Waals surface area contributed by atoms with Crippen molar-refractivity contribution in [2.75, 3.05) is 5.32 Å². The van der Waals surface area contributed by atoms with Gasteiger partial charge in [0.25, 0.3) is 11.8 Å². The van der Waals surface area contributed by atoms with Crippen molar-refractivity contribution in [1.82, 2.24) is 10.9 Å². The summed E-state index contributed by atoms with van der Waals surface area (Å²) in [4.78, 5) is 48.1. The Morgan fingerprint density at radius 3 is 2.07 bits per heavy atom. The summed E-state index contributed by atoms with van der Waals surface area (Å²) in [5.74, 6) is -1.28. The average molecular weight is 666 g/mol. The van der Waals surface area contributed by atoms with Crippen LogP contribution in [0.3, 0.4) is 0 Å². The van der Waals surface area contributed by atoms with Gasteiger partial charge in [-0.3, -0.25) is 20.4 Å². The Balaban J connectivity index is 2.28. The van der Waals surface area contributed by atoms with Crippen molar-refractivity contribution >= 4 is 57.3 Å². The number of anilines is 1. The largest absolute Gasteiger partial charge is 0.432 e. The van der Waals surface area contributed by atoms with Gasteiger partial charge in [-0.25, -0.2) is 0 Å². The maximum Gasteiger partial charge on any atom is 0.269 e. The number of hydrogen-bond donors (Lipinski definition) is 5. The second-order valence-corrected chi connectivity index (χ2v) is 23.6. The topological polar surface area (TPSA) is 134 Å². The molecule has 0 heterocycles. The van der Waals surface area contributed by atoms with E-state index in [-0.39, 0.29) is 16.5 Å². The summed E-state index contributed by atoms with van der Waals surface area (Å²) < 4.78 is 0. The first-order valence-corrected chi connectivity index (χ1v) is 21.0. The molecule has 2 rings (SSSR count). The van der Waals surface area contributed by atoms with Crippen LogP contribution in [-0.4, -0.2) is 44.1 Å². The van der Waals surface area contributed by atoms with Crippen molar-refractivity contribution in [3.63, 3.8) is 0 Å². The molecule has 12 heteroatoms. The average Bonchev–Trinajstić information content (AvgIpc) is 2.87. The van der Waals surface area contributed by atoms with Crippen molar-refractivity contribution < 1.29 is 19.2 Å². The molecule has 0 aliphatic carbocycles. The van der Waals surface area contributed by atoms with Crippen molar-refractivity contribution in [2.45, 2.75) is 96.7 Å². The molecule has 2 aromatic rings. The summed E-state index contributed by atoms with van der Waals surface area (Å²) in [7, 11) is -5.04. The zero-order valence-electron chi connectivity index (χ0n) is 26.9. The zero-order valence-corrected chi connectivity index (χ0v) is 30.4. The standard InChI is InChI=1S/C31H46Cl2N4O4Si2/c1-19(16-30(3,4)42(7,8)40)27(35-25-14-13-23(18-34)26(33)20(25)2)29(39)37-36-28(38)21-11-12-22(24(32)15-21)17-31(5,6)43(9,10)41/h11-15,19,27,35,40-41H,16-17H2,1-10H3,(H,36,38)(H,37,39)/t19-,27-/m1/s1. The molecule has 0 aliphatic heterocycles. The van der Waals surface area contributed by atoms with Gasteiger partial charge in [-0.2, -0.15) is 5.26 Å². The first-order valence-electron chi connectivity index (χ1n) is 14.3. The molecule has 0 aliphatic rings. The monoisotopic (exact) mass is 664 g/mol. The molecule has 2 aromatic carbocycles. The molecule has 2 atom stereocenters. The quantitative estimate of drug-likeness (QED) is 0.130. The fourth-order valence-electron chi connectivity index (χ4n) is 4.53. The Morgan fingerprint density at radius 1 is 0.977 bits per heavy atom. The highest BCUT2D eigenvalue weighted by Crippen LogP contribution is 2.43. The second-order valence-electron chi connectivity index (χ2n) is 13.8. The maximum absolute atomic E-state index is 13.6. The highest BCUT2D eigenvalue weighted by Gasteiger charge is 2.41.